The van der Waals surface area contributed by atoms with Crippen molar-refractivity contribution >= 4 is 27.5 Å². The molecule has 0 spiro atoms. The number of halogens is 3. The van der Waals surface area contributed by atoms with E-state index in [0.717, 1.165) is 31.2 Å². The maximum absolute atomic E-state index is 13.6. The van der Waals surface area contributed by atoms with Gasteiger partial charge in [0, 0.05) is 5.54 Å². The van der Waals surface area contributed by atoms with E-state index in [-0.39, 0.29) is 5.82 Å². The van der Waals surface area contributed by atoms with Crippen molar-refractivity contribution in [1.82, 2.24) is 0 Å². The highest BCUT2D eigenvalue weighted by molar-refractivity contribution is 9.10. The zero-order valence-electron chi connectivity index (χ0n) is 8.90. The molecule has 1 aromatic carbocycles. The van der Waals surface area contributed by atoms with E-state index in [1.807, 2.05) is 0 Å². The van der Waals surface area contributed by atoms with Gasteiger partial charge in [0.1, 0.15) is 5.82 Å². The molecule has 0 amide bonds. The molecule has 0 unspecified atom stereocenters. The highest BCUT2D eigenvalue weighted by Crippen LogP contribution is 2.38. The smallest absolute Gasteiger partial charge is 0.139 e. The third-order valence-corrected chi connectivity index (χ3v) is 4.64. The largest absolute Gasteiger partial charge is 0.321 e. The van der Waals surface area contributed by atoms with Crippen molar-refractivity contribution in [2.45, 2.75) is 37.6 Å². The Balaban J connectivity index is 2.39. The van der Waals surface area contributed by atoms with E-state index in [1.54, 1.807) is 6.07 Å². The van der Waals surface area contributed by atoms with E-state index in [2.05, 4.69) is 15.9 Å². The summed E-state index contributed by atoms with van der Waals surface area (Å²) < 4.78 is 13.9. The summed E-state index contributed by atoms with van der Waals surface area (Å²) in [6.45, 7) is 0. The Morgan fingerprint density at radius 2 is 1.88 bits per heavy atom. The molecule has 4 heteroatoms. The molecular weight excluding hydrogens is 292 g/mol. The van der Waals surface area contributed by atoms with Gasteiger partial charge >= 0.3 is 0 Å². The van der Waals surface area contributed by atoms with Crippen LogP contribution >= 0.6 is 27.5 Å². The van der Waals surface area contributed by atoms with Crippen LogP contribution < -0.4 is 5.73 Å². The van der Waals surface area contributed by atoms with E-state index in [1.165, 1.54) is 12.5 Å². The SMILES string of the molecule is NC1(c2cc(F)c(Br)c(Cl)c2)CCCCC1. The Hall–Kier alpha value is -0.120. The van der Waals surface area contributed by atoms with Crippen molar-refractivity contribution in [2.75, 3.05) is 0 Å². The summed E-state index contributed by atoms with van der Waals surface area (Å²) in [5, 5.41) is 0.394. The molecule has 16 heavy (non-hydrogen) atoms. The zero-order valence-corrected chi connectivity index (χ0v) is 11.2. The minimum Gasteiger partial charge on any atom is -0.321 e. The summed E-state index contributed by atoms with van der Waals surface area (Å²) in [6, 6.07) is 3.28. The van der Waals surface area contributed by atoms with E-state index in [0.29, 0.717) is 9.50 Å². The monoisotopic (exact) mass is 305 g/mol. The first-order valence-electron chi connectivity index (χ1n) is 5.47. The first-order chi connectivity index (χ1) is 7.53. The highest BCUT2D eigenvalue weighted by atomic mass is 79.9. The Bertz CT molecular complexity index is 379. The average molecular weight is 307 g/mol. The molecule has 0 aliphatic heterocycles. The molecule has 1 nitrogen and oxygen atoms in total. The Morgan fingerprint density at radius 3 is 2.44 bits per heavy atom. The molecule has 0 atom stereocenters. The lowest BCUT2D eigenvalue weighted by Crippen LogP contribution is -2.38. The van der Waals surface area contributed by atoms with Crippen LogP contribution in [0.5, 0.6) is 0 Å². The number of nitrogens with two attached hydrogens (primary N) is 1. The lowest BCUT2D eigenvalue weighted by atomic mass is 9.77. The van der Waals surface area contributed by atoms with Crippen LogP contribution in [0.3, 0.4) is 0 Å². The fraction of sp³-hybridized carbons (Fsp3) is 0.500. The summed E-state index contributed by atoms with van der Waals surface area (Å²) in [4.78, 5) is 0. The zero-order chi connectivity index (χ0) is 11.8. The van der Waals surface area contributed by atoms with Crippen molar-refractivity contribution in [3.63, 3.8) is 0 Å². The molecule has 2 rings (SSSR count). The number of hydrogen-bond acceptors (Lipinski definition) is 1. The van der Waals surface area contributed by atoms with Crippen LogP contribution in [0.2, 0.25) is 5.02 Å². The fourth-order valence-electron chi connectivity index (χ4n) is 2.31. The predicted octanol–water partition coefficient (Wildman–Crippen LogP) is 4.36. The van der Waals surface area contributed by atoms with Gasteiger partial charge in [-0.3, -0.25) is 0 Å². The van der Waals surface area contributed by atoms with E-state index >= 15 is 0 Å². The average Bonchev–Trinajstić information content (AvgIpc) is 2.26. The Labute approximate surface area is 108 Å². The van der Waals surface area contributed by atoms with Crippen LogP contribution in [0.25, 0.3) is 0 Å². The van der Waals surface area contributed by atoms with E-state index < -0.39 is 5.54 Å². The normalized spacial score (nSPS) is 19.8. The van der Waals surface area contributed by atoms with Gasteiger partial charge in [-0.05, 0) is 46.5 Å². The summed E-state index contributed by atoms with van der Waals surface area (Å²) >= 11 is 9.07. The minimum atomic E-state index is -0.399. The van der Waals surface area contributed by atoms with E-state index in [9.17, 15) is 4.39 Å². The maximum atomic E-state index is 13.6. The molecule has 1 aromatic rings. The molecule has 2 N–H and O–H groups in total. The van der Waals surface area contributed by atoms with Gasteiger partial charge in [-0.25, -0.2) is 4.39 Å². The van der Waals surface area contributed by atoms with Crippen LogP contribution in [0.4, 0.5) is 4.39 Å². The molecule has 1 saturated carbocycles. The molecule has 0 bridgehead atoms. The van der Waals surface area contributed by atoms with Crippen LogP contribution in [-0.2, 0) is 5.54 Å². The summed E-state index contributed by atoms with van der Waals surface area (Å²) in [5.41, 5.74) is 6.75. The Morgan fingerprint density at radius 1 is 1.25 bits per heavy atom. The standard InChI is InChI=1S/C12H14BrClFN/c13-11-9(14)6-8(7-10(11)15)12(16)4-2-1-3-5-12/h6-7H,1-5,16H2. The van der Waals surface area contributed by atoms with Gasteiger partial charge in [-0.2, -0.15) is 0 Å². The first-order valence-corrected chi connectivity index (χ1v) is 6.64. The lowest BCUT2D eigenvalue weighted by Gasteiger charge is -2.34. The van der Waals surface area contributed by atoms with Gasteiger partial charge in [0.25, 0.3) is 0 Å². The summed E-state index contributed by atoms with van der Waals surface area (Å²) in [6.07, 6.45) is 5.23. The van der Waals surface area contributed by atoms with Gasteiger partial charge in [-0.15, -0.1) is 0 Å². The maximum Gasteiger partial charge on any atom is 0.139 e. The van der Waals surface area contributed by atoms with Crippen LogP contribution in [-0.4, -0.2) is 0 Å². The van der Waals surface area contributed by atoms with Gasteiger partial charge in [-0.1, -0.05) is 30.9 Å². The number of hydrogen-bond donors (Lipinski definition) is 1. The topological polar surface area (TPSA) is 26.0 Å². The van der Waals surface area contributed by atoms with Gasteiger partial charge in [0.2, 0.25) is 0 Å². The molecular formula is C12H14BrClFN. The van der Waals surface area contributed by atoms with Gasteiger partial charge in [0.05, 0.1) is 9.50 Å². The van der Waals surface area contributed by atoms with Gasteiger partial charge < -0.3 is 5.73 Å². The van der Waals surface area contributed by atoms with Crippen molar-refractivity contribution in [3.8, 4) is 0 Å². The second-order valence-corrected chi connectivity index (χ2v) is 5.67. The van der Waals surface area contributed by atoms with Crippen molar-refractivity contribution < 1.29 is 4.39 Å². The molecule has 0 heterocycles. The molecule has 0 radical (unpaired) electrons. The fourth-order valence-corrected chi connectivity index (χ4v) is 2.75. The third-order valence-electron chi connectivity index (χ3n) is 3.30. The van der Waals surface area contributed by atoms with Crippen molar-refractivity contribution in [3.05, 3.63) is 33.0 Å². The molecule has 0 aromatic heterocycles. The number of benzene rings is 1. The second-order valence-electron chi connectivity index (χ2n) is 4.47. The lowest BCUT2D eigenvalue weighted by molar-refractivity contribution is 0.301. The number of rotatable bonds is 1. The summed E-state index contributed by atoms with van der Waals surface area (Å²) in [7, 11) is 0. The van der Waals surface area contributed by atoms with Crippen molar-refractivity contribution in [2.24, 2.45) is 5.73 Å². The Kier molecular flexibility index (Phi) is 3.57. The van der Waals surface area contributed by atoms with Crippen LogP contribution in [0.1, 0.15) is 37.7 Å². The second kappa shape index (κ2) is 4.63. The minimum absolute atomic E-state index is 0.317. The third kappa shape index (κ3) is 2.27. The quantitative estimate of drug-likeness (QED) is 0.767. The highest BCUT2D eigenvalue weighted by Gasteiger charge is 2.30. The van der Waals surface area contributed by atoms with Crippen LogP contribution in [0, 0.1) is 5.82 Å². The van der Waals surface area contributed by atoms with E-state index in [4.69, 9.17) is 17.3 Å². The summed E-state index contributed by atoms with van der Waals surface area (Å²) in [5.74, 6) is -0.335. The molecule has 88 valence electrons. The molecule has 1 aliphatic carbocycles. The van der Waals surface area contributed by atoms with Crippen LogP contribution in [0.15, 0.2) is 16.6 Å². The molecule has 1 aliphatic rings. The predicted molar refractivity (Wildman–Crippen MR) is 68.1 cm³/mol. The van der Waals surface area contributed by atoms with Gasteiger partial charge in [0.15, 0.2) is 0 Å². The first kappa shape index (κ1) is 12.3. The van der Waals surface area contributed by atoms with Crippen molar-refractivity contribution in [1.29, 1.82) is 0 Å². The molecule has 0 saturated heterocycles. The molecule has 1 fully saturated rings.